The maximum absolute atomic E-state index is 12.9. The standard InChI is InChI=1S/C34H47BrN6O7/c1-5-29(24-43)41(23-26-7-10-28(35)11-8-26)33(31(40(2)3)22-37-25-36)39-30-12-9-27(21-32(30)45-4)34(44)38-13-16-47-18-20-48-19-17-46-15-6-14-42/h7-12,14,21-22,24-25,29H,5-6,13,15-20,23H2,1-4H3,(H2,36,37)(H,38,44)/b31-22+,39-33+. The third kappa shape index (κ3) is 13.9. The van der Waals surface area contributed by atoms with E-state index in [-0.39, 0.29) is 5.91 Å². The number of rotatable bonds is 23. The van der Waals surface area contributed by atoms with E-state index in [0.29, 0.717) is 94.1 Å². The Hall–Kier alpha value is -4.11. The van der Waals surface area contributed by atoms with E-state index in [2.05, 4.69) is 26.2 Å². The molecule has 0 saturated heterocycles. The van der Waals surface area contributed by atoms with E-state index in [9.17, 15) is 14.4 Å². The number of nitrogens with one attached hydrogen (secondary N) is 1. The summed E-state index contributed by atoms with van der Waals surface area (Å²) >= 11 is 3.48. The lowest BCUT2D eigenvalue weighted by Gasteiger charge is -2.34. The predicted molar refractivity (Wildman–Crippen MR) is 190 cm³/mol. The van der Waals surface area contributed by atoms with Gasteiger partial charge in [-0.2, -0.15) is 0 Å². The molecule has 1 amide bonds. The monoisotopic (exact) mass is 730 g/mol. The maximum atomic E-state index is 12.9. The van der Waals surface area contributed by atoms with Crippen LogP contribution in [0.15, 0.2) is 68.8 Å². The first-order valence-corrected chi connectivity index (χ1v) is 16.4. The number of halogens is 1. The number of nitrogens with two attached hydrogens (primary N) is 1. The van der Waals surface area contributed by atoms with Gasteiger partial charge in [0.15, 0.2) is 5.84 Å². The quantitative estimate of drug-likeness (QED) is 0.0748. The molecule has 48 heavy (non-hydrogen) atoms. The molecular formula is C34H47BrN6O7. The number of methoxy groups -OCH3 is 1. The number of likely N-dealkylation sites (N-methyl/N-ethyl adjacent to an activating group) is 1. The first-order valence-electron chi connectivity index (χ1n) is 15.6. The topological polar surface area (TPSA) is 157 Å². The van der Waals surface area contributed by atoms with Gasteiger partial charge >= 0.3 is 0 Å². The fourth-order valence-corrected chi connectivity index (χ4v) is 4.58. The number of aliphatic imine (C=N–C) groups is 2. The van der Waals surface area contributed by atoms with Crippen LogP contribution in [0.4, 0.5) is 5.69 Å². The number of ether oxygens (including phenoxy) is 4. The van der Waals surface area contributed by atoms with Crippen molar-refractivity contribution in [2.24, 2.45) is 15.7 Å². The highest BCUT2D eigenvalue weighted by atomic mass is 79.9. The second-order valence-corrected chi connectivity index (χ2v) is 11.4. The number of aldehydes is 2. The number of hydrogen-bond donors (Lipinski definition) is 2. The van der Waals surface area contributed by atoms with E-state index in [1.807, 2.05) is 55.1 Å². The van der Waals surface area contributed by atoms with E-state index in [1.165, 1.54) is 13.4 Å². The van der Waals surface area contributed by atoms with E-state index in [0.717, 1.165) is 22.6 Å². The number of benzene rings is 2. The highest BCUT2D eigenvalue weighted by Crippen LogP contribution is 2.31. The minimum Gasteiger partial charge on any atom is -0.494 e. The minimum atomic E-state index is -0.504. The molecule has 262 valence electrons. The molecule has 0 fully saturated rings. The van der Waals surface area contributed by atoms with Crippen LogP contribution in [0.3, 0.4) is 0 Å². The summed E-state index contributed by atoms with van der Waals surface area (Å²) in [6.45, 7) is 4.90. The number of nitrogens with zero attached hydrogens (tertiary/aromatic N) is 4. The van der Waals surface area contributed by atoms with Gasteiger partial charge in [-0.15, -0.1) is 0 Å². The van der Waals surface area contributed by atoms with Crippen molar-refractivity contribution in [2.45, 2.75) is 32.4 Å². The van der Waals surface area contributed by atoms with Gasteiger partial charge in [-0.25, -0.2) is 9.98 Å². The van der Waals surface area contributed by atoms with Crippen molar-refractivity contribution < 1.29 is 33.3 Å². The molecule has 0 aliphatic heterocycles. The molecule has 2 aromatic carbocycles. The van der Waals surface area contributed by atoms with Crippen LogP contribution in [0.2, 0.25) is 0 Å². The second kappa shape index (κ2) is 23.3. The van der Waals surface area contributed by atoms with Crippen molar-refractivity contribution in [2.75, 3.05) is 67.4 Å². The smallest absolute Gasteiger partial charge is 0.251 e. The highest BCUT2D eigenvalue weighted by Gasteiger charge is 2.26. The Kier molecular flexibility index (Phi) is 19.4. The zero-order valence-corrected chi connectivity index (χ0v) is 29.7. The molecule has 2 aromatic rings. The summed E-state index contributed by atoms with van der Waals surface area (Å²) in [6, 6.07) is 12.3. The molecule has 0 aliphatic rings. The van der Waals surface area contributed by atoms with Crippen molar-refractivity contribution in [1.29, 1.82) is 0 Å². The Morgan fingerprint density at radius 2 is 1.67 bits per heavy atom. The lowest BCUT2D eigenvalue weighted by molar-refractivity contribution is -0.111. The van der Waals surface area contributed by atoms with E-state index in [4.69, 9.17) is 29.7 Å². The van der Waals surface area contributed by atoms with Gasteiger partial charge in [0.1, 0.15) is 24.0 Å². The fraction of sp³-hybridized carbons (Fsp3) is 0.441. The molecule has 0 aromatic heterocycles. The Morgan fingerprint density at radius 1 is 1.00 bits per heavy atom. The first kappa shape index (κ1) is 40.1. The van der Waals surface area contributed by atoms with Crippen LogP contribution in [0, 0.1) is 0 Å². The van der Waals surface area contributed by atoms with E-state index >= 15 is 0 Å². The predicted octanol–water partition coefficient (Wildman–Crippen LogP) is 3.73. The summed E-state index contributed by atoms with van der Waals surface area (Å²) in [5.41, 5.74) is 7.99. The van der Waals surface area contributed by atoms with E-state index < -0.39 is 6.04 Å². The molecule has 0 radical (unpaired) electrons. The van der Waals surface area contributed by atoms with Crippen LogP contribution in [0.25, 0.3) is 0 Å². The average molecular weight is 732 g/mol. The Morgan fingerprint density at radius 3 is 2.25 bits per heavy atom. The van der Waals surface area contributed by atoms with Gasteiger partial charge in [0, 0.05) is 43.6 Å². The van der Waals surface area contributed by atoms with Crippen LogP contribution in [0.1, 0.15) is 35.7 Å². The number of carbonyl (C=O) groups excluding carboxylic acids is 3. The summed E-state index contributed by atoms with van der Waals surface area (Å²) in [6.07, 6.45) is 5.39. The fourth-order valence-electron chi connectivity index (χ4n) is 4.32. The second-order valence-electron chi connectivity index (χ2n) is 10.4. The minimum absolute atomic E-state index is 0.299. The zero-order valence-electron chi connectivity index (χ0n) is 28.1. The molecule has 13 nitrogen and oxygen atoms in total. The van der Waals surface area contributed by atoms with Crippen LogP contribution >= 0.6 is 15.9 Å². The van der Waals surface area contributed by atoms with Crippen LogP contribution < -0.4 is 15.8 Å². The largest absolute Gasteiger partial charge is 0.494 e. The molecule has 1 unspecified atom stereocenters. The van der Waals surface area contributed by atoms with Gasteiger partial charge in [0.05, 0.1) is 71.0 Å². The SMILES string of the molecule is CCC(C=O)N(Cc1ccc(Br)cc1)C(=N/c1ccc(C(=O)NCCOCCOCCOCCC=O)cc1OC)/C(=C\N=C\N)N(C)C. The van der Waals surface area contributed by atoms with Crippen molar-refractivity contribution in [3.8, 4) is 5.75 Å². The molecule has 3 N–H and O–H groups in total. The first-order chi connectivity index (χ1) is 23.3. The van der Waals surface area contributed by atoms with Crippen LogP contribution in [0.5, 0.6) is 5.75 Å². The molecule has 0 saturated carbocycles. The summed E-state index contributed by atoms with van der Waals surface area (Å²) in [4.78, 5) is 48.5. The van der Waals surface area contributed by atoms with Crippen molar-refractivity contribution in [3.05, 3.63) is 70.0 Å². The average Bonchev–Trinajstić information content (AvgIpc) is 3.09. The van der Waals surface area contributed by atoms with Gasteiger partial charge in [-0.3, -0.25) is 4.79 Å². The van der Waals surface area contributed by atoms with Crippen molar-refractivity contribution in [1.82, 2.24) is 15.1 Å². The van der Waals surface area contributed by atoms with Crippen molar-refractivity contribution in [3.63, 3.8) is 0 Å². The maximum Gasteiger partial charge on any atom is 0.251 e. The zero-order chi connectivity index (χ0) is 35.1. The number of hydrogen-bond acceptors (Lipinski definition) is 10. The third-order valence-corrected chi connectivity index (χ3v) is 7.36. The molecule has 0 heterocycles. The number of carbonyl (C=O) groups is 3. The summed E-state index contributed by atoms with van der Waals surface area (Å²) in [7, 11) is 5.21. The van der Waals surface area contributed by atoms with Crippen LogP contribution in [-0.4, -0.2) is 114 Å². The summed E-state index contributed by atoms with van der Waals surface area (Å²) < 4.78 is 22.8. The van der Waals surface area contributed by atoms with E-state index in [1.54, 1.807) is 24.4 Å². The van der Waals surface area contributed by atoms with Crippen molar-refractivity contribution >= 4 is 52.3 Å². The normalized spacial score (nSPS) is 12.5. The van der Waals surface area contributed by atoms with Gasteiger partial charge in [0.2, 0.25) is 0 Å². The molecule has 14 heteroatoms. The van der Waals surface area contributed by atoms with Crippen LogP contribution in [-0.2, 0) is 30.3 Å². The number of amides is 1. The third-order valence-electron chi connectivity index (χ3n) is 6.83. The summed E-state index contributed by atoms with van der Waals surface area (Å²) in [5.74, 6) is 0.535. The lowest BCUT2D eigenvalue weighted by atomic mass is 10.1. The highest BCUT2D eigenvalue weighted by molar-refractivity contribution is 9.10. The molecule has 0 aliphatic carbocycles. The van der Waals surface area contributed by atoms with Gasteiger partial charge in [-0.1, -0.05) is 35.0 Å². The molecule has 0 bridgehead atoms. The molecular weight excluding hydrogens is 684 g/mol. The van der Waals surface area contributed by atoms with Gasteiger partial charge < -0.3 is 49.4 Å². The lowest BCUT2D eigenvalue weighted by Crippen LogP contribution is -2.43. The summed E-state index contributed by atoms with van der Waals surface area (Å²) in [5, 5.41) is 2.84. The molecule has 2 rings (SSSR count). The number of amidine groups is 1. The Balaban J connectivity index is 2.24. The van der Waals surface area contributed by atoms with Gasteiger partial charge in [0.25, 0.3) is 5.91 Å². The molecule has 0 spiro atoms. The Bertz CT molecular complexity index is 1370. The Labute approximate surface area is 291 Å². The molecule has 1 atom stereocenters. The van der Waals surface area contributed by atoms with Gasteiger partial charge in [-0.05, 0) is 42.3 Å².